The Hall–Kier alpha value is -2.94. The van der Waals surface area contributed by atoms with Gasteiger partial charge in [0.2, 0.25) is 6.41 Å². The van der Waals surface area contributed by atoms with Crippen LogP contribution in [0.3, 0.4) is 0 Å². The maximum Gasteiger partial charge on any atom is 0.235 e. The molecular weight excluding hydrogens is 400 g/mol. The number of imidazole rings is 1. The van der Waals surface area contributed by atoms with E-state index in [1.807, 2.05) is 61.9 Å². The van der Waals surface area contributed by atoms with Gasteiger partial charge < -0.3 is 24.5 Å². The van der Waals surface area contributed by atoms with Crippen molar-refractivity contribution in [2.75, 3.05) is 12.4 Å². The number of benzene rings is 2. The third kappa shape index (κ3) is 4.16. The zero-order valence-corrected chi connectivity index (χ0v) is 18.2. The number of aliphatic hydroxyl groups excluding tert-OH is 1. The number of aryl methyl sites for hydroxylation is 3. The van der Waals surface area contributed by atoms with E-state index in [0.29, 0.717) is 0 Å². The van der Waals surface area contributed by atoms with Gasteiger partial charge in [-0.05, 0) is 49.7 Å². The van der Waals surface area contributed by atoms with Crippen molar-refractivity contribution in [1.82, 2.24) is 14.5 Å². The molecule has 2 aromatic heterocycles. The highest BCUT2D eigenvalue weighted by Gasteiger charge is 2.15. The van der Waals surface area contributed by atoms with Crippen LogP contribution in [0, 0.1) is 13.8 Å². The Labute approximate surface area is 178 Å². The van der Waals surface area contributed by atoms with E-state index >= 15 is 0 Å². The number of nitrogens with one attached hydrogen (secondary N) is 1. The number of methoxy groups -OCH3 is 1. The Morgan fingerprint density at radius 1 is 1.20 bits per heavy atom. The quantitative estimate of drug-likeness (QED) is 0.432. The van der Waals surface area contributed by atoms with E-state index in [-0.39, 0.29) is 6.61 Å². The minimum absolute atomic E-state index is 0.248. The van der Waals surface area contributed by atoms with E-state index in [1.54, 1.807) is 13.4 Å². The van der Waals surface area contributed by atoms with Gasteiger partial charge in [0.15, 0.2) is 0 Å². The SMILES string of the molecule is COc1cc(C)ccc1-c1nc(C)c(COC(O)Nc2ccc3c(c2)ncn3C)s1. The molecule has 30 heavy (non-hydrogen) atoms. The minimum atomic E-state index is -1.15. The number of anilines is 1. The molecule has 0 saturated heterocycles. The summed E-state index contributed by atoms with van der Waals surface area (Å²) in [4.78, 5) is 9.94. The van der Waals surface area contributed by atoms with Crippen molar-refractivity contribution in [1.29, 1.82) is 0 Å². The van der Waals surface area contributed by atoms with Crippen LogP contribution < -0.4 is 10.1 Å². The lowest BCUT2D eigenvalue weighted by Gasteiger charge is -2.14. The lowest BCUT2D eigenvalue weighted by atomic mass is 10.1. The van der Waals surface area contributed by atoms with Crippen molar-refractivity contribution in [3.8, 4) is 16.3 Å². The predicted molar refractivity (Wildman–Crippen MR) is 119 cm³/mol. The number of rotatable bonds is 7. The van der Waals surface area contributed by atoms with Crippen LogP contribution in [0.25, 0.3) is 21.6 Å². The van der Waals surface area contributed by atoms with E-state index < -0.39 is 6.41 Å². The number of aliphatic hydroxyl groups is 1. The summed E-state index contributed by atoms with van der Waals surface area (Å²) in [6.07, 6.45) is 0.610. The first-order valence-electron chi connectivity index (χ1n) is 9.53. The summed E-state index contributed by atoms with van der Waals surface area (Å²) < 4.78 is 13.1. The van der Waals surface area contributed by atoms with Crippen LogP contribution in [0.2, 0.25) is 0 Å². The molecule has 0 aliphatic rings. The summed E-state index contributed by atoms with van der Waals surface area (Å²) in [7, 11) is 3.60. The maximum atomic E-state index is 10.3. The Bertz CT molecular complexity index is 1180. The molecule has 7 nitrogen and oxygen atoms in total. The van der Waals surface area contributed by atoms with Crippen molar-refractivity contribution in [3.05, 3.63) is 58.9 Å². The Kier molecular flexibility index (Phi) is 5.72. The minimum Gasteiger partial charge on any atom is -0.496 e. The highest BCUT2D eigenvalue weighted by molar-refractivity contribution is 7.15. The number of ether oxygens (including phenoxy) is 2. The van der Waals surface area contributed by atoms with Gasteiger partial charge in [-0.1, -0.05) is 6.07 Å². The van der Waals surface area contributed by atoms with Crippen LogP contribution >= 0.6 is 11.3 Å². The lowest BCUT2D eigenvalue weighted by molar-refractivity contribution is -0.0864. The summed E-state index contributed by atoms with van der Waals surface area (Å²) in [6, 6.07) is 11.8. The second kappa shape index (κ2) is 8.43. The molecule has 0 amide bonds. The third-order valence-electron chi connectivity index (χ3n) is 4.87. The number of fused-ring (bicyclic) bond motifs is 1. The first-order chi connectivity index (χ1) is 14.4. The summed E-state index contributed by atoms with van der Waals surface area (Å²) in [5.74, 6) is 0.794. The molecule has 2 N–H and O–H groups in total. The maximum absolute atomic E-state index is 10.3. The van der Waals surface area contributed by atoms with Gasteiger partial charge in [-0.25, -0.2) is 9.97 Å². The average molecular weight is 425 g/mol. The van der Waals surface area contributed by atoms with E-state index in [1.165, 1.54) is 11.3 Å². The van der Waals surface area contributed by atoms with Gasteiger partial charge in [-0.15, -0.1) is 11.3 Å². The van der Waals surface area contributed by atoms with E-state index in [0.717, 1.165) is 49.2 Å². The molecule has 4 aromatic rings. The first-order valence-corrected chi connectivity index (χ1v) is 10.3. The molecule has 0 bridgehead atoms. The molecule has 156 valence electrons. The summed E-state index contributed by atoms with van der Waals surface area (Å²) in [5, 5.41) is 14.1. The summed E-state index contributed by atoms with van der Waals surface area (Å²) in [6.45, 7) is 4.21. The number of thiazole rings is 1. The summed E-state index contributed by atoms with van der Waals surface area (Å²) >= 11 is 1.53. The highest BCUT2D eigenvalue weighted by atomic mass is 32.1. The monoisotopic (exact) mass is 424 g/mol. The first kappa shape index (κ1) is 20.3. The van der Waals surface area contributed by atoms with Crippen LogP contribution in [-0.2, 0) is 18.4 Å². The number of hydrogen-bond acceptors (Lipinski definition) is 7. The fourth-order valence-corrected chi connectivity index (χ4v) is 4.23. The Balaban J connectivity index is 1.43. The largest absolute Gasteiger partial charge is 0.496 e. The van der Waals surface area contributed by atoms with Crippen molar-refractivity contribution < 1.29 is 14.6 Å². The number of hydrogen-bond donors (Lipinski definition) is 2. The summed E-state index contributed by atoms with van der Waals surface area (Å²) in [5.41, 5.74) is 5.56. The molecule has 2 heterocycles. The van der Waals surface area contributed by atoms with Crippen molar-refractivity contribution in [3.63, 3.8) is 0 Å². The molecule has 0 spiro atoms. The second-order valence-corrected chi connectivity index (χ2v) is 8.18. The lowest BCUT2D eigenvalue weighted by Crippen LogP contribution is -2.22. The van der Waals surface area contributed by atoms with E-state index in [2.05, 4.69) is 15.3 Å². The molecule has 0 fully saturated rings. The third-order valence-corrected chi connectivity index (χ3v) is 6.03. The van der Waals surface area contributed by atoms with Gasteiger partial charge in [0, 0.05) is 12.7 Å². The van der Waals surface area contributed by atoms with Gasteiger partial charge >= 0.3 is 0 Å². The van der Waals surface area contributed by atoms with Crippen LogP contribution in [-0.4, -0.2) is 33.2 Å². The molecule has 0 aliphatic heterocycles. The topological polar surface area (TPSA) is 81.4 Å². The van der Waals surface area contributed by atoms with Gasteiger partial charge in [-0.2, -0.15) is 0 Å². The molecule has 2 aromatic carbocycles. The second-order valence-electron chi connectivity index (χ2n) is 7.10. The molecule has 1 unspecified atom stereocenters. The Morgan fingerprint density at radius 2 is 2.03 bits per heavy atom. The molecule has 8 heteroatoms. The molecular formula is C22H24N4O3S. The molecule has 0 aliphatic carbocycles. The standard InChI is InChI=1S/C22H24N4O3S/c1-13-5-7-16(19(9-13)28-4)21-24-14(2)20(30-21)11-29-22(27)25-15-6-8-18-17(10-15)23-12-26(18)3/h5-10,12,22,25,27H,11H2,1-4H3. The molecule has 0 radical (unpaired) electrons. The Morgan fingerprint density at radius 3 is 2.83 bits per heavy atom. The van der Waals surface area contributed by atoms with Crippen molar-refractivity contribution in [2.24, 2.45) is 7.05 Å². The van der Waals surface area contributed by atoms with Crippen LogP contribution in [0.1, 0.15) is 16.1 Å². The van der Waals surface area contributed by atoms with E-state index in [4.69, 9.17) is 9.47 Å². The normalized spacial score (nSPS) is 12.3. The van der Waals surface area contributed by atoms with Crippen LogP contribution in [0.15, 0.2) is 42.7 Å². The number of nitrogens with zero attached hydrogens (tertiary/aromatic N) is 3. The number of aromatic nitrogens is 3. The molecule has 0 saturated carbocycles. The van der Waals surface area contributed by atoms with Crippen LogP contribution in [0.5, 0.6) is 5.75 Å². The average Bonchev–Trinajstić information content (AvgIpc) is 3.28. The van der Waals surface area contributed by atoms with Gasteiger partial charge in [-0.3, -0.25) is 0 Å². The predicted octanol–water partition coefficient (Wildman–Crippen LogP) is 4.23. The molecule has 4 rings (SSSR count). The smallest absolute Gasteiger partial charge is 0.235 e. The molecule has 1 atom stereocenters. The van der Waals surface area contributed by atoms with Crippen LogP contribution in [0.4, 0.5) is 5.69 Å². The van der Waals surface area contributed by atoms with Gasteiger partial charge in [0.05, 0.1) is 47.2 Å². The zero-order valence-electron chi connectivity index (χ0n) is 17.3. The zero-order chi connectivity index (χ0) is 21.3. The van der Waals surface area contributed by atoms with Gasteiger partial charge in [0.25, 0.3) is 0 Å². The fraction of sp³-hybridized carbons (Fsp3) is 0.273. The fourth-order valence-electron chi connectivity index (χ4n) is 3.22. The van der Waals surface area contributed by atoms with E-state index in [9.17, 15) is 5.11 Å². The van der Waals surface area contributed by atoms with Crippen molar-refractivity contribution in [2.45, 2.75) is 26.9 Å². The van der Waals surface area contributed by atoms with Crippen molar-refractivity contribution >= 4 is 28.1 Å². The van der Waals surface area contributed by atoms with Gasteiger partial charge in [0.1, 0.15) is 10.8 Å². The highest BCUT2D eigenvalue weighted by Crippen LogP contribution is 2.35.